The molecule has 14 nitrogen and oxygen atoms in total. The Morgan fingerprint density at radius 1 is 1.09 bits per heavy atom. The van der Waals surface area contributed by atoms with Crippen LogP contribution in [0.1, 0.15) is 12.5 Å². The second-order valence-corrected chi connectivity index (χ2v) is 10.5. The highest BCUT2D eigenvalue weighted by molar-refractivity contribution is 5.95. The minimum atomic E-state index is -1.78. The number of carbonyl (C=O) groups excluding carboxylic acids is 2. The second kappa shape index (κ2) is 11.9. The standard InChI is InChI=1S/C29H30O14/c1-13(40-20(32)7-4-14-2-5-15(31)6-3-14)17-10-29(43-26(17)38)9-8-16-18(25(36)37)12-39-27(21(16)29)42-28-24(35)23(34)22(33)19(11-30)41-28/h2-10,12-13,16,19,21-24,27-28,30-31,33-35H,11H2,1H3,(H,36,37)/b7-4+/t13-,16-,19-,21-,22-,23+,24-,27+,28+,29?/m1/s1. The van der Waals surface area contributed by atoms with E-state index in [1.54, 1.807) is 12.1 Å². The van der Waals surface area contributed by atoms with Gasteiger partial charge in [0.15, 0.2) is 11.9 Å². The van der Waals surface area contributed by atoms with Crippen molar-refractivity contribution in [3.8, 4) is 5.75 Å². The Hall–Kier alpha value is -4.05. The van der Waals surface area contributed by atoms with E-state index in [1.165, 1.54) is 43.4 Å². The number of phenolic OH excluding ortho intramolecular Hbond substituents is 1. The molecule has 1 spiro atoms. The fourth-order valence-electron chi connectivity index (χ4n) is 5.48. The molecule has 0 aromatic heterocycles. The Morgan fingerprint density at radius 3 is 2.49 bits per heavy atom. The maximum absolute atomic E-state index is 13.0. The number of carbonyl (C=O) groups is 3. The Morgan fingerprint density at radius 2 is 1.81 bits per heavy atom. The minimum absolute atomic E-state index is 0.0327. The summed E-state index contributed by atoms with van der Waals surface area (Å²) in [5.74, 6) is -4.83. The summed E-state index contributed by atoms with van der Waals surface area (Å²) in [4.78, 5) is 37.5. The van der Waals surface area contributed by atoms with Crippen molar-refractivity contribution in [3.05, 3.63) is 71.5 Å². The van der Waals surface area contributed by atoms with Gasteiger partial charge in [-0.15, -0.1) is 0 Å². The molecule has 0 saturated carbocycles. The Bertz CT molecular complexity index is 1380. The molecule has 10 atom stereocenters. The van der Waals surface area contributed by atoms with Gasteiger partial charge in [-0.25, -0.2) is 14.4 Å². The predicted molar refractivity (Wildman–Crippen MR) is 141 cm³/mol. The molecule has 43 heavy (non-hydrogen) atoms. The van der Waals surface area contributed by atoms with E-state index in [0.717, 1.165) is 12.3 Å². The number of carboxylic acid groups (broad SMARTS) is 1. The van der Waals surface area contributed by atoms with Crippen molar-refractivity contribution in [1.82, 2.24) is 0 Å². The lowest BCUT2D eigenvalue weighted by molar-refractivity contribution is -0.344. The number of hydrogen-bond acceptors (Lipinski definition) is 13. The number of aliphatic hydroxyl groups is 4. The monoisotopic (exact) mass is 602 g/mol. The summed E-state index contributed by atoms with van der Waals surface area (Å²) in [6.45, 7) is 0.748. The number of ether oxygens (including phenoxy) is 5. The largest absolute Gasteiger partial charge is 0.508 e. The average Bonchev–Trinajstić information content (AvgIpc) is 3.52. The summed E-state index contributed by atoms with van der Waals surface area (Å²) < 4.78 is 27.9. The van der Waals surface area contributed by atoms with Gasteiger partial charge in [0.2, 0.25) is 6.29 Å². The van der Waals surface area contributed by atoms with Crippen LogP contribution < -0.4 is 0 Å². The van der Waals surface area contributed by atoms with Gasteiger partial charge >= 0.3 is 17.9 Å². The van der Waals surface area contributed by atoms with Gasteiger partial charge in [-0.05, 0) is 42.8 Å². The fraction of sp³-hybridized carbons (Fsp3) is 0.414. The highest BCUT2D eigenvalue weighted by atomic mass is 16.8. The van der Waals surface area contributed by atoms with E-state index in [2.05, 4.69) is 0 Å². The van der Waals surface area contributed by atoms with E-state index >= 15 is 0 Å². The lowest BCUT2D eigenvalue weighted by Gasteiger charge is -2.44. The molecule has 0 amide bonds. The Balaban J connectivity index is 1.37. The summed E-state index contributed by atoms with van der Waals surface area (Å²) in [5, 5.41) is 59.4. The molecule has 14 heteroatoms. The maximum Gasteiger partial charge on any atom is 0.338 e. The Kier molecular flexibility index (Phi) is 8.42. The van der Waals surface area contributed by atoms with Crippen molar-refractivity contribution in [1.29, 1.82) is 0 Å². The summed E-state index contributed by atoms with van der Waals surface area (Å²) >= 11 is 0. The van der Waals surface area contributed by atoms with Gasteiger partial charge in [0.25, 0.3) is 0 Å². The van der Waals surface area contributed by atoms with E-state index in [0.29, 0.717) is 5.56 Å². The summed E-state index contributed by atoms with van der Waals surface area (Å²) in [6, 6.07) is 6.06. The molecule has 3 heterocycles. The zero-order valence-electron chi connectivity index (χ0n) is 22.6. The van der Waals surface area contributed by atoms with Gasteiger partial charge < -0.3 is 54.3 Å². The van der Waals surface area contributed by atoms with Gasteiger partial charge in [-0.3, -0.25) is 0 Å². The topological polar surface area (TPSA) is 219 Å². The molecule has 5 rings (SSSR count). The maximum atomic E-state index is 13.0. The molecule has 4 aliphatic rings. The number of carboxylic acids is 1. The number of fused-ring (bicyclic) bond motifs is 2. The van der Waals surface area contributed by atoms with Crippen molar-refractivity contribution in [2.24, 2.45) is 11.8 Å². The molecule has 1 saturated heterocycles. The normalized spacial score (nSPS) is 35.6. The zero-order valence-corrected chi connectivity index (χ0v) is 22.6. The first-order valence-electron chi connectivity index (χ1n) is 13.3. The first-order chi connectivity index (χ1) is 20.4. The average molecular weight is 603 g/mol. The van der Waals surface area contributed by atoms with E-state index in [1.807, 2.05) is 0 Å². The van der Waals surface area contributed by atoms with Crippen LogP contribution in [0.3, 0.4) is 0 Å². The molecule has 1 fully saturated rings. The third-order valence-electron chi connectivity index (χ3n) is 7.74. The van der Waals surface area contributed by atoms with Crippen molar-refractivity contribution >= 4 is 24.0 Å². The number of aromatic hydroxyl groups is 1. The van der Waals surface area contributed by atoms with E-state index in [-0.39, 0.29) is 16.9 Å². The van der Waals surface area contributed by atoms with E-state index in [4.69, 9.17) is 23.7 Å². The van der Waals surface area contributed by atoms with Crippen molar-refractivity contribution < 1.29 is 68.7 Å². The van der Waals surface area contributed by atoms with Gasteiger partial charge in [-0.2, -0.15) is 0 Å². The number of aliphatic carboxylic acids is 1. The lowest BCUT2D eigenvalue weighted by Crippen LogP contribution is -2.60. The third kappa shape index (κ3) is 5.80. The number of hydrogen-bond donors (Lipinski definition) is 6. The highest BCUT2D eigenvalue weighted by Gasteiger charge is 2.59. The highest BCUT2D eigenvalue weighted by Crippen LogP contribution is 2.50. The molecule has 3 aliphatic heterocycles. The van der Waals surface area contributed by atoms with Crippen LogP contribution in [0.5, 0.6) is 5.75 Å². The van der Waals surface area contributed by atoms with Crippen LogP contribution in [0.25, 0.3) is 6.08 Å². The predicted octanol–water partition coefficient (Wildman–Crippen LogP) is -0.497. The lowest BCUT2D eigenvalue weighted by atomic mass is 9.78. The van der Waals surface area contributed by atoms with Gasteiger partial charge in [0, 0.05) is 12.0 Å². The van der Waals surface area contributed by atoms with Crippen LogP contribution >= 0.6 is 0 Å². The summed E-state index contributed by atoms with van der Waals surface area (Å²) in [7, 11) is 0. The number of aliphatic hydroxyl groups excluding tert-OH is 4. The van der Waals surface area contributed by atoms with Crippen molar-refractivity contribution in [2.75, 3.05) is 6.61 Å². The van der Waals surface area contributed by atoms with E-state index < -0.39 is 85.1 Å². The van der Waals surface area contributed by atoms with Crippen molar-refractivity contribution in [3.63, 3.8) is 0 Å². The number of allylic oxidation sites excluding steroid dienone is 1. The van der Waals surface area contributed by atoms with Crippen LogP contribution in [-0.4, -0.2) is 104 Å². The molecule has 0 bridgehead atoms. The minimum Gasteiger partial charge on any atom is -0.508 e. The van der Waals surface area contributed by atoms with Crippen LogP contribution in [0.2, 0.25) is 0 Å². The molecule has 1 aromatic carbocycles. The third-order valence-corrected chi connectivity index (χ3v) is 7.74. The zero-order chi connectivity index (χ0) is 31.1. The molecule has 1 aromatic rings. The molecular weight excluding hydrogens is 572 g/mol. The van der Waals surface area contributed by atoms with Gasteiger partial charge in [-0.1, -0.05) is 18.2 Å². The summed E-state index contributed by atoms with van der Waals surface area (Å²) in [6.07, 6.45) is -2.66. The number of benzene rings is 1. The van der Waals surface area contributed by atoms with Gasteiger partial charge in [0.05, 0.1) is 29.9 Å². The summed E-state index contributed by atoms with van der Waals surface area (Å²) in [5.41, 5.74) is -1.21. The molecule has 1 unspecified atom stereocenters. The number of rotatable bonds is 8. The fourth-order valence-corrected chi connectivity index (χ4v) is 5.48. The van der Waals surface area contributed by atoms with Gasteiger partial charge in [0.1, 0.15) is 36.3 Å². The van der Waals surface area contributed by atoms with Crippen LogP contribution in [0.4, 0.5) is 0 Å². The molecule has 1 aliphatic carbocycles. The molecule has 230 valence electrons. The second-order valence-electron chi connectivity index (χ2n) is 10.5. The van der Waals surface area contributed by atoms with E-state index in [9.17, 15) is 45.0 Å². The van der Waals surface area contributed by atoms with Crippen LogP contribution in [0, 0.1) is 11.8 Å². The SMILES string of the molecule is C[C@@H](OC(=O)/C=C/c1ccc(O)cc1)C1=CC2(C=C[C@@H]3C(C(=O)O)=CO[C@@H](O[C@@H]4O[C@H](CO)[C@@H](O)[C@H](O)[C@H]4O)[C@@H]32)OC1=O. The molecular formula is C29H30O14. The number of phenols is 1. The first-order valence-corrected chi connectivity index (χ1v) is 13.3. The first kappa shape index (κ1) is 30.4. The van der Waals surface area contributed by atoms with Crippen LogP contribution in [-0.2, 0) is 38.1 Å². The van der Waals surface area contributed by atoms with Crippen molar-refractivity contribution in [2.45, 2.75) is 55.6 Å². The molecule has 6 N–H and O–H groups in total. The smallest absolute Gasteiger partial charge is 0.338 e. The molecule has 0 radical (unpaired) electrons. The van der Waals surface area contributed by atoms with Crippen LogP contribution in [0.15, 0.2) is 66.0 Å². The quantitative estimate of drug-likeness (QED) is 0.126. The number of esters is 2. The Labute approximate surface area is 244 Å².